The van der Waals surface area contributed by atoms with Gasteiger partial charge in [0.15, 0.2) is 0 Å². The highest BCUT2D eigenvalue weighted by Gasteiger charge is 2.30. The molecule has 0 aromatic heterocycles. The lowest BCUT2D eigenvalue weighted by Crippen LogP contribution is -2.27. The number of benzene rings is 2. The minimum atomic E-state index is -0.565. The topological polar surface area (TPSA) is 81.7 Å². The molecule has 3 N–H and O–H groups in total. The number of nitrogens with one attached hydrogen (secondary N) is 2. The lowest BCUT2D eigenvalue weighted by molar-refractivity contribution is -0.117. The summed E-state index contributed by atoms with van der Waals surface area (Å²) < 4.78 is 0. The van der Waals surface area contributed by atoms with Crippen LogP contribution in [0.5, 0.6) is 0 Å². The van der Waals surface area contributed by atoms with Crippen molar-refractivity contribution < 1.29 is 14.8 Å². The van der Waals surface area contributed by atoms with Crippen LogP contribution in [0.25, 0.3) is 0 Å². The van der Waals surface area contributed by atoms with Gasteiger partial charge in [-0.2, -0.15) is 0 Å². The molecule has 1 aliphatic heterocycles. The highest BCUT2D eigenvalue weighted by Crippen LogP contribution is 2.26. The number of hydrogen-bond acceptors (Lipinski definition) is 4. The zero-order valence-corrected chi connectivity index (χ0v) is 13.5. The van der Waals surface area contributed by atoms with Gasteiger partial charge in [-0.1, -0.05) is 17.7 Å². The summed E-state index contributed by atoms with van der Waals surface area (Å²) in [7, 11) is 0. The molecule has 2 amide bonds. The molecular formula is C17H16ClN3O3. The van der Waals surface area contributed by atoms with Crippen LogP contribution in [-0.4, -0.2) is 29.6 Å². The molecule has 1 fully saturated rings. The largest absolute Gasteiger partial charge is 0.380 e. The monoisotopic (exact) mass is 345 g/mol. The molecule has 2 aromatic rings. The first-order valence-corrected chi connectivity index (χ1v) is 7.81. The molecule has 3 rings (SSSR count). The van der Waals surface area contributed by atoms with Crippen LogP contribution in [0.1, 0.15) is 16.8 Å². The molecule has 0 aliphatic carbocycles. The number of rotatable bonds is 4. The van der Waals surface area contributed by atoms with E-state index in [2.05, 4.69) is 5.32 Å². The van der Waals surface area contributed by atoms with Gasteiger partial charge < -0.3 is 10.2 Å². The third kappa shape index (κ3) is 3.50. The smallest absolute Gasteiger partial charge is 0.274 e. The molecule has 0 saturated carbocycles. The summed E-state index contributed by atoms with van der Waals surface area (Å²) in [6.07, 6.45) is 0.380. The standard InChI is InChI=1S/C17H16ClN3O3/c18-12-2-1-3-15(8-12)21-10-14(9-16(21)22)19-13-6-4-11(5-7-13)17(23)20-24/h1-8,14,19,24H,9-10H2,(H,20,23). The van der Waals surface area contributed by atoms with Gasteiger partial charge in [-0.05, 0) is 42.5 Å². The van der Waals surface area contributed by atoms with Crippen LogP contribution in [0.2, 0.25) is 5.02 Å². The van der Waals surface area contributed by atoms with Crippen LogP contribution in [0, 0.1) is 0 Å². The van der Waals surface area contributed by atoms with Gasteiger partial charge in [0.2, 0.25) is 5.91 Å². The van der Waals surface area contributed by atoms with Gasteiger partial charge in [-0.3, -0.25) is 14.8 Å². The first kappa shape index (κ1) is 16.3. The normalized spacial score (nSPS) is 17.0. The lowest BCUT2D eigenvalue weighted by Gasteiger charge is -2.18. The van der Waals surface area contributed by atoms with E-state index in [1.807, 2.05) is 12.1 Å². The maximum Gasteiger partial charge on any atom is 0.274 e. The maximum absolute atomic E-state index is 12.2. The fourth-order valence-electron chi connectivity index (χ4n) is 2.72. The molecule has 1 heterocycles. The van der Waals surface area contributed by atoms with E-state index in [1.54, 1.807) is 46.8 Å². The lowest BCUT2D eigenvalue weighted by atomic mass is 10.1. The molecule has 0 bridgehead atoms. The quantitative estimate of drug-likeness (QED) is 0.588. The third-order valence-electron chi connectivity index (χ3n) is 3.86. The molecule has 24 heavy (non-hydrogen) atoms. The molecule has 1 atom stereocenters. The number of carbonyl (C=O) groups is 2. The number of hydrogen-bond donors (Lipinski definition) is 3. The molecule has 6 nitrogen and oxygen atoms in total. The zero-order chi connectivity index (χ0) is 17.1. The van der Waals surface area contributed by atoms with E-state index < -0.39 is 5.91 Å². The van der Waals surface area contributed by atoms with Crippen molar-refractivity contribution in [3.63, 3.8) is 0 Å². The third-order valence-corrected chi connectivity index (χ3v) is 4.10. The van der Waals surface area contributed by atoms with Crippen molar-refractivity contribution in [1.82, 2.24) is 5.48 Å². The van der Waals surface area contributed by atoms with Gasteiger partial charge in [-0.15, -0.1) is 0 Å². The number of carbonyl (C=O) groups excluding carboxylic acids is 2. The summed E-state index contributed by atoms with van der Waals surface area (Å²) in [5.74, 6) is -0.532. The second kappa shape index (κ2) is 6.90. The first-order valence-electron chi connectivity index (χ1n) is 7.44. The highest BCUT2D eigenvalue weighted by molar-refractivity contribution is 6.30. The van der Waals surface area contributed by atoms with Crippen molar-refractivity contribution in [1.29, 1.82) is 0 Å². The maximum atomic E-state index is 12.2. The Hall–Kier alpha value is -2.57. The number of halogens is 1. The van der Waals surface area contributed by atoms with E-state index >= 15 is 0 Å². The molecule has 7 heteroatoms. The molecule has 1 saturated heterocycles. The van der Waals surface area contributed by atoms with Crippen LogP contribution >= 0.6 is 11.6 Å². The Kier molecular flexibility index (Phi) is 4.69. The Morgan fingerprint density at radius 2 is 1.96 bits per heavy atom. The van der Waals surface area contributed by atoms with Crippen molar-refractivity contribution in [2.75, 3.05) is 16.8 Å². The van der Waals surface area contributed by atoms with Crippen LogP contribution in [-0.2, 0) is 4.79 Å². The summed E-state index contributed by atoms with van der Waals surface area (Å²) in [6, 6.07) is 13.8. The predicted molar refractivity (Wildman–Crippen MR) is 91.5 cm³/mol. The number of amides is 2. The molecule has 124 valence electrons. The van der Waals surface area contributed by atoms with Gasteiger partial charge in [0, 0.05) is 34.9 Å². The molecule has 0 radical (unpaired) electrons. The predicted octanol–water partition coefficient (Wildman–Crippen LogP) is 2.68. The Morgan fingerprint density at radius 3 is 2.62 bits per heavy atom. The average Bonchev–Trinajstić information content (AvgIpc) is 2.95. The second-order valence-electron chi connectivity index (χ2n) is 5.55. The number of hydroxylamine groups is 1. The summed E-state index contributed by atoms with van der Waals surface area (Å²) in [4.78, 5) is 25.2. The fourth-order valence-corrected chi connectivity index (χ4v) is 2.90. The van der Waals surface area contributed by atoms with Gasteiger partial charge >= 0.3 is 0 Å². The first-order chi connectivity index (χ1) is 11.6. The van der Waals surface area contributed by atoms with E-state index in [4.69, 9.17) is 16.8 Å². The van der Waals surface area contributed by atoms with Crippen molar-refractivity contribution in [3.8, 4) is 0 Å². The molecular weight excluding hydrogens is 330 g/mol. The zero-order valence-electron chi connectivity index (χ0n) is 12.7. The van der Waals surface area contributed by atoms with Crippen molar-refractivity contribution in [2.45, 2.75) is 12.5 Å². The Labute approximate surface area is 144 Å². The average molecular weight is 346 g/mol. The van der Waals surface area contributed by atoms with Gasteiger partial charge in [0.1, 0.15) is 0 Å². The SMILES string of the molecule is O=C(NO)c1ccc(NC2CC(=O)N(c3cccc(Cl)c3)C2)cc1. The van der Waals surface area contributed by atoms with E-state index in [9.17, 15) is 9.59 Å². The summed E-state index contributed by atoms with van der Waals surface area (Å²) in [6.45, 7) is 0.540. The minimum absolute atomic E-state index is 0.0333. The molecule has 1 aliphatic rings. The van der Waals surface area contributed by atoms with Crippen LogP contribution in [0.4, 0.5) is 11.4 Å². The Bertz CT molecular complexity index is 764. The van der Waals surface area contributed by atoms with Gasteiger partial charge in [-0.25, -0.2) is 5.48 Å². The highest BCUT2D eigenvalue weighted by atomic mass is 35.5. The summed E-state index contributed by atoms with van der Waals surface area (Å²) >= 11 is 5.99. The molecule has 2 aromatic carbocycles. The molecule has 1 unspecified atom stereocenters. The molecule has 0 spiro atoms. The van der Waals surface area contributed by atoms with E-state index in [0.29, 0.717) is 23.6 Å². The van der Waals surface area contributed by atoms with Crippen molar-refractivity contribution in [3.05, 3.63) is 59.1 Å². The van der Waals surface area contributed by atoms with Crippen molar-refractivity contribution >= 4 is 34.8 Å². The number of anilines is 2. The van der Waals surface area contributed by atoms with Crippen LogP contribution in [0.15, 0.2) is 48.5 Å². The van der Waals surface area contributed by atoms with Crippen LogP contribution < -0.4 is 15.7 Å². The van der Waals surface area contributed by atoms with Gasteiger partial charge in [0.25, 0.3) is 5.91 Å². The van der Waals surface area contributed by atoms with Gasteiger partial charge in [0.05, 0.1) is 6.04 Å². The summed E-state index contributed by atoms with van der Waals surface area (Å²) in [5.41, 5.74) is 3.52. The van der Waals surface area contributed by atoms with E-state index in [-0.39, 0.29) is 11.9 Å². The Morgan fingerprint density at radius 1 is 1.21 bits per heavy atom. The van der Waals surface area contributed by atoms with Crippen molar-refractivity contribution in [2.24, 2.45) is 0 Å². The minimum Gasteiger partial charge on any atom is -0.380 e. The Balaban J connectivity index is 1.67. The second-order valence-corrected chi connectivity index (χ2v) is 5.98. The fraction of sp³-hybridized carbons (Fsp3) is 0.176. The van der Waals surface area contributed by atoms with E-state index in [1.165, 1.54) is 0 Å². The summed E-state index contributed by atoms with van der Waals surface area (Å²) in [5, 5.41) is 12.5. The van der Waals surface area contributed by atoms with Crippen LogP contribution in [0.3, 0.4) is 0 Å². The van der Waals surface area contributed by atoms with E-state index in [0.717, 1.165) is 11.4 Å². The number of nitrogens with zero attached hydrogens (tertiary/aromatic N) is 1.